The van der Waals surface area contributed by atoms with Crippen LogP contribution in [0.4, 0.5) is 4.79 Å². The van der Waals surface area contributed by atoms with Gasteiger partial charge in [0.05, 0.1) is 0 Å². The Morgan fingerprint density at radius 1 is 0.964 bits per heavy atom. The fraction of sp³-hybridized carbons (Fsp3) is 0.208. The van der Waals surface area contributed by atoms with Crippen molar-refractivity contribution in [2.45, 2.75) is 25.3 Å². The number of alkyl carbamates (subject to hydrolysis) is 1. The van der Waals surface area contributed by atoms with Gasteiger partial charge in [0.15, 0.2) is 0 Å². The Hall–Kier alpha value is -2.59. The molecular formula is C24H22BrNO2. The molecule has 3 aromatic rings. The van der Waals surface area contributed by atoms with E-state index in [9.17, 15) is 4.79 Å². The number of benzene rings is 3. The number of fused-ring (bicyclic) bond motifs is 3. The molecule has 0 aromatic heterocycles. The van der Waals surface area contributed by atoms with Crippen molar-refractivity contribution in [2.75, 3.05) is 6.61 Å². The molecule has 0 saturated carbocycles. The van der Waals surface area contributed by atoms with E-state index in [-0.39, 0.29) is 18.1 Å². The van der Waals surface area contributed by atoms with Crippen molar-refractivity contribution in [1.29, 1.82) is 0 Å². The number of nitrogens with one attached hydrogen (secondary N) is 1. The third-order valence-electron chi connectivity index (χ3n) is 5.16. The van der Waals surface area contributed by atoms with Gasteiger partial charge in [-0.15, -0.1) is 0 Å². The van der Waals surface area contributed by atoms with Crippen molar-refractivity contribution < 1.29 is 9.53 Å². The van der Waals surface area contributed by atoms with E-state index in [2.05, 4.69) is 69.8 Å². The Morgan fingerprint density at radius 3 is 2.14 bits per heavy atom. The second-order valence-corrected chi connectivity index (χ2v) is 8.12. The minimum absolute atomic E-state index is 0.00294. The van der Waals surface area contributed by atoms with E-state index in [0.717, 1.165) is 10.9 Å². The zero-order valence-electron chi connectivity index (χ0n) is 15.7. The molecule has 3 aromatic carbocycles. The molecule has 3 nitrogen and oxygen atoms in total. The highest BCUT2D eigenvalue weighted by atomic mass is 79.9. The molecule has 1 amide bonds. The first-order valence-electron chi connectivity index (χ1n) is 9.48. The van der Waals surface area contributed by atoms with Crippen molar-refractivity contribution in [3.8, 4) is 11.1 Å². The average molecular weight is 436 g/mol. The van der Waals surface area contributed by atoms with Crippen LogP contribution in [0.1, 0.15) is 29.5 Å². The number of hydrogen-bond donors (Lipinski definition) is 1. The van der Waals surface area contributed by atoms with Crippen LogP contribution in [0.15, 0.2) is 77.3 Å². The van der Waals surface area contributed by atoms with Gasteiger partial charge in [-0.2, -0.15) is 0 Å². The van der Waals surface area contributed by atoms with Crippen LogP contribution in [0.25, 0.3) is 11.1 Å². The van der Waals surface area contributed by atoms with Crippen LogP contribution in [0, 0.1) is 0 Å². The Bertz CT molecular complexity index is 938. The summed E-state index contributed by atoms with van der Waals surface area (Å²) in [5.41, 5.74) is 6.08. The molecule has 0 aliphatic heterocycles. The molecule has 142 valence electrons. The van der Waals surface area contributed by atoms with Gasteiger partial charge < -0.3 is 10.1 Å². The summed E-state index contributed by atoms with van der Waals surface area (Å²) in [5.74, 6) is 0.0833. The molecule has 4 heteroatoms. The zero-order valence-corrected chi connectivity index (χ0v) is 17.3. The molecule has 4 rings (SSSR count). The molecule has 1 unspecified atom stereocenters. The lowest BCUT2D eigenvalue weighted by Gasteiger charge is -2.17. The topological polar surface area (TPSA) is 38.3 Å². The third-order valence-corrected chi connectivity index (χ3v) is 5.69. The van der Waals surface area contributed by atoms with E-state index in [1.165, 1.54) is 27.8 Å². The van der Waals surface area contributed by atoms with Crippen molar-refractivity contribution >= 4 is 22.0 Å². The lowest BCUT2D eigenvalue weighted by Crippen LogP contribution is -2.35. The second-order valence-electron chi connectivity index (χ2n) is 7.20. The van der Waals surface area contributed by atoms with E-state index in [1.54, 1.807) is 0 Å². The van der Waals surface area contributed by atoms with E-state index in [0.29, 0.717) is 6.61 Å². The molecule has 1 N–H and O–H groups in total. The Labute approximate surface area is 173 Å². The van der Waals surface area contributed by atoms with Gasteiger partial charge in [-0.25, -0.2) is 4.79 Å². The molecule has 0 spiro atoms. The summed E-state index contributed by atoms with van der Waals surface area (Å²) in [4.78, 5) is 12.3. The minimum atomic E-state index is -0.369. The number of halogens is 1. The summed E-state index contributed by atoms with van der Waals surface area (Å²) in [6.07, 6.45) is 0.392. The first-order valence-corrected chi connectivity index (χ1v) is 10.3. The number of carbonyl (C=O) groups excluding carboxylic acids is 1. The zero-order chi connectivity index (χ0) is 19.5. The third kappa shape index (κ3) is 3.97. The SMILES string of the molecule is CC(Cc1ccc(Br)cc1)NC(=O)OCC1c2ccccc2-c2ccccc21. The van der Waals surface area contributed by atoms with E-state index >= 15 is 0 Å². The predicted molar refractivity (Wildman–Crippen MR) is 116 cm³/mol. The number of carbonyl (C=O) groups is 1. The molecule has 0 fully saturated rings. The predicted octanol–water partition coefficient (Wildman–Crippen LogP) is 5.92. The maximum Gasteiger partial charge on any atom is 0.407 e. The van der Waals surface area contributed by atoms with Crippen molar-refractivity contribution in [1.82, 2.24) is 5.32 Å². The highest BCUT2D eigenvalue weighted by Crippen LogP contribution is 2.44. The lowest BCUT2D eigenvalue weighted by molar-refractivity contribution is 0.139. The molecule has 1 aliphatic carbocycles. The van der Waals surface area contributed by atoms with Gasteiger partial charge >= 0.3 is 6.09 Å². The van der Waals surface area contributed by atoms with Gasteiger partial charge in [0, 0.05) is 16.4 Å². The molecule has 0 radical (unpaired) electrons. The van der Waals surface area contributed by atoms with Gasteiger partial charge in [-0.05, 0) is 53.3 Å². The normalized spacial score (nSPS) is 13.5. The molecule has 0 bridgehead atoms. The van der Waals surface area contributed by atoms with Crippen molar-refractivity contribution in [2.24, 2.45) is 0 Å². The van der Waals surface area contributed by atoms with Crippen LogP contribution in [0.2, 0.25) is 0 Å². The molecule has 0 saturated heterocycles. The van der Waals surface area contributed by atoms with Crippen LogP contribution in [0.5, 0.6) is 0 Å². The highest BCUT2D eigenvalue weighted by molar-refractivity contribution is 9.10. The van der Waals surface area contributed by atoms with Crippen molar-refractivity contribution in [3.63, 3.8) is 0 Å². The smallest absolute Gasteiger partial charge is 0.407 e. The van der Waals surface area contributed by atoms with Crippen LogP contribution in [-0.4, -0.2) is 18.7 Å². The van der Waals surface area contributed by atoms with Crippen molar-refractivity contribution in [3.05, 3.63) is 94.0 Å². The Kier molecular flexibility index (Phi) is 5.49. The quantitative estimate of drug-likeness (QED) is 0.539. The number of rotatable bonds is 5. The summed E-state index contributed by atoms with van der Waals surface area (Å²) < 4.78 is 6.66. The van der Waals surface area contributed by atoms with Crippen LogP contribution in [0.3, 0.4) is 0 Å². The fourth-order valence-corrected chi connectivity index (χ4v) is 4.13. The monoisotopic (exact) mass is 435 g/mol. The number of amides is 1. The van der Waals surface area contributed by atoms with Gasteiger partial charge in [-0.1, -0.05) is 76.6 Å². The van der Waals surface area contributed by atoms with Crippen LogP contribution >= 0.6 is 15.9 Å². The summed E-state index contributed by atoms with van der Waals surface area (Å²) in [7, 11) is 0. The van der Waals surface area contributed by atoms with Crippen LogP contribution in [-0.2, 0) is 11.2 Å². The highest BCUT2D eigenvalue weighted by Gasteiger charge is 2.29. The van der Waals surface area contributed by atoms with Crippen LogP contribution < -0.4 is 5.32 Å². The molecule has 0 heterocycles. The molecule has 1 atom stereocenters. The first-order chi connectivity index (χ1) is 13.6. The molecular weight excluding hydrogens is 414 g/mol. The maximum atomic E-state index is 12.3. The summed E-state index contributed by atoms with van der Waals surface area (Å²) in [6, 6.07) is 24.8. The van der Waals surface area contributed by atoms with Gasteiger partial charge in [0.1, 0.15) is 6.61 Å². The van der Waals surface area contributed by atoms with Gasteiger partial charge in [0.25, 0.3) is 0 Å². The largest absolute Gasteiger partial charge is 0.449 e. The molecule has 1 aliphatic rings. The van der Waals surface area contributed by atoms with Gasteiger partial charge in [-0.3, -0.25) is 0 Å². The Balaban J connectivity index is 1.38. The van der Waals surface area contributed by atoms with Gasteiger partial charge in [0.2, 0.25) is 0 Å². The van der Waals surface area contributed by atoms with E-state index in [4.69, 9.17) is 4.74 Å². The second kappa shape index (κ2) is 8.19. The Morgan fingerprint density at radius 2 is 1.54 bits per heavy atom. The maximum absolute atomic E-state index is 12.3. The van der Waals surface area contributed by atoms with E-state index in [1.807, 2.05) is 31.2 Å². The van der Waals surface area contributed by atoms with E-state index < -0.39 is 0 Å². The average Bonchev–Trinajstić information content (AvgIpc) is 3.02. The first kappa shape index (κ1) is 18.8. The lowest BCUT2D eigenvalue weighted by atomic mass is 9.98. The fourth-order valence-electron chi connectivity index (χ4n) is 3.87. The molecule has 28 heavy (non-hydrogen) atoms. The summed E-state index contributed by atoms with van der Waals surface area (Å²) in [5, 5.41) is 2.94. The summed E-state index contributed by atoms with van der Waals surface area (Å²) in [6.45, 7) is 2.33. The minimum Gasteiger partial charge on any atom is -0.449 e. The number of ether oxygens (including phenoxy) is 1. The standard InChI is InChI=1S/C24H22BrNO2/c1-16(14-17-10-12-18(25)13-11-17)26-24(27)28-15-23-21-8-4-2-6-19(21)20-7-3-5-9-22(20)23/h2-13,16,23H,14-15H2,1H3,(H,26,27). The summed E-state index contributed by atoms with van der Waals surface area (Å²) >= 11 is 3.44. The number of hydrogen-bond acceptors (Lipinski definition) is 2.